The molecule has 2 amide bonds. The number of hydrogen-bond donors (Lipinski definition) is 1. The van der Waals surface area contributed by atoms with Crippen LogP contribution in [0.25, 0.3) is 0 Å². The minimum absolute atomic E-state index is 0.0443. The number of carbonyl (C=O) groups is 3. The zero-order valence-electron chi connectivity index (χ0n) is 24.6. The molecule has 6 nitrogen and oxygen atoms in total. The lowest BCUT2D eigenvalue weighted by molar-refractivity contribution is -0.150. The van der Waals surface area contributed by atoms with Crippen LogP contribution in [0.1, 0.15) is 111 Å². The van der Waals surface area contributed by atoms with Crippen LogP contribution in [0.3, 0.4) is 0 Å². The first-order valence-electron chi connectivity index (χ1n) is 15.7. The molecule has 6 heteroatoms. The van der Waals surface area contributed by atoms with Crippen LogP contribution in [0.4, 0.5) is 0 Å². The van der Waals surface area contributed by atoms with Crippen molar-refractivity contribution < 1.29 is 19.1 Å². The van der Waals surface area contributed by atoms with Crippen LogP contribution in [0.2, 0.25) is 0 Å². The molecule has 5 fully saturated rings. The van der Waals surface area contributed by atoms with Crippen LogP contribution in [0.15, 0.2) is 0 Å². The summed E-state index contributed by atoms with van der Waals surface area (Å²) in [7, 11) is 1.34. The molecule has 1 saturated heterocycles. The zero-order valence-corrected chi connectivity index (χ0v) is 24.6. The Morgan fingerprint density at radius 3 is 2.47 bits per heavy atom. The van der Waals surface area contributed by atoms with Gasteiger partial charge in [-0.2, -0.15) is 0 Å². The van der Waals surface area contributed by atoms with E-state index in [4.69, 9.17) is 4.74 Å². The van der Waals surface area contributed by atoms with E-state index < -0.39 is 12.0 Å². The van der Waals surface area contributed by atoms with Crippen molar-refractivity contribution in [1.82, 2.24) is 10.2 Å². The van der Waals surface area contributed by atoms with Crippen molar-refractivity contribution in [2.24, 2.45) is 46.3 Å². The highest BCUT2D eigenvalue weighted by atomic mass is 16.5. The molecule has 0 aromatic carbocycles. The van der Waals surface area contributed by atoms with Crippen LogP contribution in [-0.4, -0.2) is 48.4 Å². The Labute approximate surface area is 230 Å². The highest BCUT2D eigenvalue weighted by Gasteiger charge is 2.60. The zero-order chi connectivity index (χ0) is 27.2. The van der Waals surface area contributed by atoms with Crippen molar-refractivity contribution in [3.63, 3.8) is 0 Å². The van der Waals surface area contributed by atoms with Crippen molar-refractivity contribution in [3.05, 3.63) is 0 Å². The van der Waals surface area contributed by atoms with Crippen molar-refractivity contribution in [2.75, 3.05) is 13.7 Å². The summed E-state index contributed by atoms with van der Waals surface area (Å²) in [6.07, 6.45) is 16.1. The first-order valence-corrected chi connectivity index (χ1v) is 15.7. The first kappa shape index (κ1) is 28.0. The van der Waals surface area contributed by atoms with E-state index in [1.165, 1.54) is 83.1 Å². The summed E-state index contributed by atoms with van der Waals surface area (Å²) in [4.78, 5) is 38.6. The van der Waals surface area contributed by atoms with Gasteiger partial charge in [-0.1, -0.05) is 33.6 Å². The van der Waals surface area contributed by atoms with Crippen molar-refractivity contribution in [3.8, 4) is 0 Å². The monoisotopic (exact) mass is 528 g/mol. The van der Waals surface area contributed by atoms with E-state index in [0.29, 0.717) is 42.1 Å². The van der Waals surface area contributed by atoms with Gasteiger partial charge in [0.05, 0.1) is 7.11 Å². The minimum Gasteiger partial charge on any atom is -0.467 e. The summed E-state index contributed by atoms with van der Waals surface area (Å²) in [6.45, 7) is 9.50. The fraction of sp³-hybridized carbons (Fsp3) is 0.906. The van der Waals surface area contributed by atoms with Gasteiger partial charge in [0.15, 0.2) is 0 Å². The van der Waals surface area contributed by atoms with Crippen LogP contribution in [0.5, 0.6) is 0 Å². The fourth-order valence-electron chi connectivity index (χ4n) is 10.8. The molecule has 5 rings (SSSR count). The number of rotatable bonds is 6. The van der Waals surface area contributed by atoms with E-state index in [1.54, 1.807) is 0 Å². The lowest BCUT2D eigenvalue weighted by atomic mass is 9.44. The summed E-state index contributed by atoms with van der Waals surface area (Å²) < 4.78 is 4.88. The summed E-state index contributed by atoms with van der Waals surface area (Å²) >= 11 is 0. The molecule has 5 aliphatic rings. The largest absolute Gasteiger partial charge is 0.467 e. The van der Waals surface area contributed by atoms with Crippen LogP contribution in [0, 0.1) is 46.3 Å². The van der Waals surface area contributed by atoms with Gasteiger partial charge in [-0.05, 0) is 104 Å². The maximum atomic E-state index is 12.9. The molecule has 0 spiro atoms. The Hall–Kier alpha value is -1.59. The van der Waals surface area contributed by atoms with Gasteiger partial charge in [0.1, 0.15) is 6.04 Å². The molecule has 0 aromatic rings. The van der Waals surface area contributed by atoms with E-state index in [0.717, 1.165) is 30.1 Å². The number of fused-ring (bicyclic) bond motifs is 5. The normalized spacial score (nSPS) is 43.0. The number of esters is 1. The molecule has 214 valence electrons. The molecule has 4 unspecified atom stereocenters. The molecule has 0 radical (unpaired) electrons. The summed E-state index contributed by atoms with van der Waals surface area (Å²) in [6, 6.07) is -0.788. The minimum atomic E-state index is -0.599. The number of carbonyl (C=O) groups excluding carboxylic acids is 3. The lowest BCUT2D eigenvalue weighted by Crippen LogP contribution is -2.53. The second kappa shape index (κ2) is 10.8. The Morgan fingerprint density at radius 2 is 1.74 bits per heavy atom. The summed E-state index contributed by atoms with van der Waals surface area (Å²) in [5, 5.41) is 3.11. The fourth-order valence-corrected chi connectivity index (χ4v) is 10.8. The molecule has 0 bridgehead atoms. The van der Waals surface area contributed by atoms with Crippen molar-refractivity contribution in [2.45, 2.75) is 123 Å². The highest BCUT2D eigenvalue weighted by molar-refractivity contribution is 5.84. The Bertz CT molecular complexity index is 921. The average Bonchev–Trinajstić information content (AvgIpc) is 3.47. The van der Waals surface area contributed by atoms with Gasteiger partial charge in [0.2, 0.25) is 11.8 Å². The van der Waals surface area contributed by atoms with Crippen LogP contribution >= 0.6 is 0 Å². The number of nitrogens with one attached hydrogen (secondary N) is 1. The maximum absolute atomic E-state index is 12.9. The van der Waals surface area contributed by atoms with Gasteiger partial charge in [0.25, 0.3) is 0 Å². The van der Waals surface area contributed by atoms with Gasteiger partial charge in [0, 0.05) is 32.4 Å². The number of hydrogen-bond acceptors (Lipinski definition) is 4. The second-order valence-electron chi connectivity index (χ2n) is 14.4. The SMILES string of the molecule is COC(=O)[C@@H]1C[C@H](NC(=O)CC[C@@H](C)[C@H]2CCC3C4CCC5CCCC[C@]5(C)C4CC[C@@]32C)CN1C(C)=O. The number of amides is 2. The molecule has 1 aliphatic heterocycles. The first-order chi connectivity index (χ1) is 18.1. The maximum Gasteiger partial charge on any atom is 0.328 e. The molecule has 0 aromatic heterocycles. The number of likely N-dealkylation sites (tertiary alicyclic amines) is 1. The molecular weight excluding hydrogens is 476 g/mol. The quantitative estimate of drug-likeness (QED) is 0.447. The van der Waals surface area contributed by atoms with Crippen molar-refractivity contribution in [1.29, 1.82) is 0 Å². The lowest BCUT2D eigenvalue weighted by Gasteiger charge is -2.61. The number of methoxy groups -OCH3 is 1. The summed E-state index contributed by atoms with van der Waals surface area (Å²) in [5.74, 6) is 4.43. The van der Waals surface area contributed by atoms with E-state index in [9.17, 15) is 14.4 Å². The van der Waals surface area contributed by atoms with E-state index >= 15 is 0 Å². The third-order valence-corrected chi connectivity index (χ3v) is 12.7. The molecule has 1 N–H and O–H groups in total. The van der Waals surface area contributed by atoms with Crippen molar-refractivity contribution >= 4 is 17.8 Å². The average molecular weight is 529 g/mol. The van der Waals surface area contributed by atoms with Gasteiger partial charge >= 0.3 is 5.97 Å². The molecule has 4 aliphatic carbocycles. The predicted octanol–water partition coefficient (Wildman–Crippen LogP) is 5.73. The Balaban J connectivity index is 1.16. The van der Waals surface area contributed by atoms with Gasteiger partial charge < -0.3 is 15.0 Å². The number of nitrogens with zero attached hydrogens (tertiary/aromatic N) is 1. The molecule has 4 saturated carbocycles. The summed E-state index contributed by atoms with van der Waals surface area (Å²) in [5.41, 5.74) is 1.02. The third-order valence-electron chi connectivity index (χ3n) is 12.7. The highest BCUT2D eigenvalue weighted by Crippen LogP contribution is 2.68. The van der Waals surface area contributed by atoms with E-state index in [1.807, 2.05) is 0 Å². The standard InChI is InChI=1S/C32H52N2O4/c1-20(9-14-29(36)33-23-18-28(30(37)38-5)34(19-23)21(2)35)25-12-13-26-24-11-10-22-8-6-7-16-31(22,3)27(24)15-17-32(25,26)4/h20,22-28H,6-19H2,1-5H3,(H,33,36)/t20-,22?,23+,24?,25-,26?,27?,28+,31+,32-/m1/s1. The van der Waals surface area contributed by atoms with E-state index in [2.05, 4.69) is 26.1 Å². The Kier molecular flexibility index (Phi) is 7.92. The molecule has 1 heterocycles. The van der Waals surface area contributed by atoms with E-state index in [-0.39, 0.29) is 17.9 Å². The third kappa shape index (κ3) is 4.80. The molecule has 10 atom stereocenters. The molecular formula is C32H52N2O4. The van der Waals surface area contributed by atoms with Gasteiger partial charge in [-0.25, -0.2) is 4.79 Å². The smallest absolute Gasteiger partial charge is 0.328 e. The van der Waals surface area contributed by atoms with Crippen LogP contribution in [-0.2, 0) is 19.1 Å². The topological polar surface area (TPSA) is 75.7 Å². The second-order valence-corrected chi connectivity index (χ2v) is 14.4. The van der Waals surface area contributed by atoms with Gasteiger partial charge in [-0.15, -0.1) is 0 Å². The Morgan fingerprint density at radius 1 is 0.974 bits per heavy atom. The van der Waals surface area contributed by atoms with Gasteiger partial charge in [-0.3, -0.25) is 9.59 Å². The predicted molar refractivity (Wildman–Crippen MR) is 148 cm³/mol. The van der Waals surface area contributed by atoms with Crippen LogP contribution < -0.4 is 5.32 Å². The molecule has 38 heavy (non-hydrogen) atoms. The number of ether oxygens (including phenoxy) is 1.